The zero-order valence-corrected chi connectivity index (χ0v) is 15.6. The number of nitriles is 1. The highest BCUT2D eigenvalue weighted by Gasteiger charge is 2.13. The van der Waals surface area contributed by atoms with Crippen molar-refractivity contribution in [3.8, 4) is 17.6 Å². The average molecular weight is 369 g/mol. The third-order valence-corrected chi connectivity index (χ3v) is 4.08. The minimum Gasteiger partial charge on any atom is -0.497 e. The Labute approximate surface area is 158 Å². The van der Waals surface area contributed by atoms with E-state index in [0.29, 0.717) is 34.7 Å². The summed E-state index contributed by atoms with van der Waals surface area (Å²) in [6.07, 6.45) is -0.247. The molecular formula is C20H23N3O4. The van der Waals surface area contributed by atoms with E-state index < -0.39 is 12.1 Å². The Morgan fingerprint density at radius 3 is 2.41 bits per heavy atom. The number of rotatable bonds is 7. The van der Waals surface area contributed by atoms with Crippen LogP contribution >= 0.6 is 0 Å². The smallest absolute Gasteiger partial charge is 0.319 e. The molecule has 0 fully saturated rings. The number of ether oxygens (including phenoxy) is 2. The Morgan fingerprint density at radius 2 is 1.85 bits per heavy atom. The molecule has 0 saturated heterocycles. The van der Waals surface area contributed by atoms with Crippen LogP contribution in [-0.4, -0.2) is 31.9 Å². The van der Waals surface area contributed by atoms with Crippen LogP contribution in [0.4, 0.5) is 10.5 Å². The number of hydrogen-bond donors (Lipinski definition) is 3. The van der Waals surface area contributed by atoms with Crippen molar-refractivity contribution in [2.75, 3.05) is 26.1 Å². The summed E-state index contributed by atoms with van der Waals surface area (Å²) >= 11 is 0. The summed E-state index contributed by atoms with van der Waals surface area (Å²) in [5.41, 5.74) is 2.60. The van der Waals surface area contributed by atoms with Crippen LogP contribution in [0.1, 0.15) is 29.7 Å². The Kier molecular flexibility index (Phi) is 7.03. The summed E-state index contributed by atoms with van der Waals surface area (Å²) in [5, 5.41) is 24.7. The molecule has 0 saturated carbocycles. The predicted octanol–water partition coefficient (Wildman–Crippen LogP) is 2.99. The number of carbonyl (C=O) groups excluding carboxylic acids is 1. The summed E-state index contributed by atoms with van der Waals surface area (Å²) < 4.78 is 10.4. The summed E-state index contributed by atoms with van der Waals surface area (Å²) in [6.45, 7) is 1.96. The van der Waals surface area contributed by atoms with Crippen molar-refractivity contribution in [2.45, 2.75) is 19.4 Å². The fourth-order valence-corrected chi connectivity index (χ4v) is 2.57. The topological polar surface area (TPSA) is 104 Å². The highest BCUT2D eigenvalue weighted by molar-refractivity contribution is 5.90. The van der Waals surface area contributed by atoms with E-state index in [1.54, 1.807) is 36.4 Å². The van der Waals surface area contributed by atoms with Crippen LogP contribution in [0.25, 0.3) is 0 Å². The van der Waals surface area contributed by atoms with Crippen molar-refractivity contribution >= 4 is 11.7 Å². The molecule has 0 aromatic heterocycles. The summed E-state index contributed by atoms with van der Waals surface area (Å²) in [5.74, 6) is 1.11. The van der Waals surface area contributed by atoms with Gasteiger partial charge < -0.3 is 25.2 Å². The second kappa shape index (κ2) is 9.46. The van der Waals surface area contributed by atoms with Crippen molar-refractivity contribution in [1.29, 1.82) is 5.26 Å². The van der Waals surface area contributed by atoms with Crippen LogP contribution < -0.4 is 20.1 Å². The van der Waals surface area contributed by atoms with Gasteiger partial charge in [-0.1, -0.05) is 6.92 Å². The molecule has 7 nitrogen and oxygen atoms in total. The number of carbonyl (C=O) groups is 1. The second-order valence-electron chi connectivity index (χ2n) is 5.83. The lowest BCUT2D eigenvalue weighted by molar-refractivity contribution is 0.174. The number of amides is 2. The second-order valence-corrected chi connectivity index (χ2v) is 5.83. The van der Waals surface area contributed by atoms with Crippen molar-refractivity contribution in [3.63, 3.8) is 0 Å². The minimum absolute atomic E-state index is 0.0138. The van der Waals surface area contributed by atoms with E-state index in [1.807, 2.05) is 6.92 Å². The molecule has 0 spiro atoms. The number of aliphatic hydroxyl groups excluding tert-OH is 1. The molecule has 0 heterocycles. The maximum Gasteiger partial charge on any atom is 0.319 e. The van der Waals surface area contributed by atoms with Gasteiger partial charge in [-0.05, 0) is 47.9 Å². The number of aryl methyl sites for hydroxylation is 1. The highest BCUT2D eigenvalue weighted by atomic mass is 16.5. The number of benzene rings is 2. The van der Waals surface area contributed by atoms with E-state index in [9.17, 15) is 9.90 Å². The summed E-state index contributed by atoms with van der Waals surface area (Å²) in [4.78, 5) is 12.2. The van der Waals surface area contributed by atoms with Crippen LogP contribution in [0.5, 0.6) is 11.5 Å². The molecule has 27 heavy (non-hydrogen) atoms. The standard InChI is InChI=1S/C20H23N3O4/c1-4-14-7-13(11-21)5-6-18(14)23-20(25)22-12-19(24)15-8-16(26-2)10-17(9-15)27-3/h5-10,19,24H,4,12H2,1-3H3,(H2,22,23,25)/t19-/m1/s1. The Hall–Kier alpha value is -3.24. The highest BCUT2D eigenvalue weighted by Crippen LogP contribution is 2.26. The summed E-state index contributed by atoms with van der Waals surface area (Å²) in [7, 11) is 3.05. The monoisotopic (exact) mass is 369 g/mol. The number of hydrogen-bond acceptors (Lipinski definition) is 5. The first-order chi connectivity index (χ1) is 13.0. The number of aliphatic hydroxyl groups is 1. The summed E-state index contributed by atoms with van der Waals surface area (Å²) in [6, 6.07) is 11.8. The SMILES string of the molecule is CCc1cc(C#N)ccc1NC(=O)NC[C@@H](O)c1cc(OC)cc(OC)c1. The molecule has 0 aliphatic heterocycles. The van der Waals surface area contributed by atoms with Gasteiger partial charge in [0.2, 0.25) is 0 Å². The zero-order chi connectivity index (χ0) is 19.8. The molecule has 0 radical (unpaired) electrons. The van der Waals surface area contributed by atoms with Gasteiger partial charge in [0.25, 0.3) is 0 Å². The van der Waals surface area contributed by atoms with Crippen LogP contribution in [0.3, 0.4) is 0 Å². The van der Waals surface area contributed by atoms with Crippen LogP contribution in [0.15, 0.2) is 36.4 Å². The number of methoxy groups -OCH3 is 2. The van der Waals surface area contributed by atoms with Gasteiger partial charge in [-0.15, -0.1) is 0 Å². The van der Waals surface area contributed by atoms with Crippen molar-refractivity contribution < 1.29 is 19.4 Å². The lowest BCUT2D eigenvalue weighted by Crippen LogP contribution is -2.32. The van der Waals surface area contributed by atoms with Crippen molar-refractivity contribution in [3.05, 3.63) is 53.1 Å². The molecule has 3 N–H and O–H groups in total. The van der Waals surface area contributed by atoms with Crippen molar-refractivity contribution in [1.82, 2.24) is 5.32 Å². The molecule has 2 aromatic carbocycles. The maximum atomic E-state index is 12.2. The number of anilines is 1. The molecular weight excluding hydrogens is 346 g/mol. The molecule has 0 aliphatic carbocycles. The molecule has 0 unspecified atom stereocenters. The molecule has 1 atom stereocenters. The van der Waals surface area contributed by atoms with Gasteiger partial charge >= 0.3 is 6.03 Å². The molecule has 0 bridgehead atoms. The first-order valence-electron chi connectivity index (χ1n) is 8.49. The Balaban J connectivity index is 2.00. The van der Waals surface area contributed by atoms with Gasteiger partial charge in [-0.25, -0.2) is 4.79 Å². The molecule has 0 aliphatic rings. The quantitative estimate of drug-likeness (QED) is 0.696. The van der Waals surface area contributed by atoms with Gasteiger partial charge in [0.1, 0.15) is 11.5 Å². The zero-order valence-electron chi connectivity index (χ0n) is 15.6. The van der Waals surface area contributed by atoms with E-state index in [4.69, 9.17) is 14.7 Å². The Bertz CT molecular complexity index is 823. The first kappa shape index (κ1) is 20.1. The predicted molar refractivity (Wildman–Crippen MR) is 102 cm³/mol. The molecule has 7 heteroatoms. The lowest BCUT2D eigenvalue weighted by Gasteiger charge is -2.16. The Morgan fingerprint density at radius 1 is 1.19 bits per heavy atom. The molecule has 142 valence electrons. The van der Waals surface area contributed by atoms with E-state index >= 15 is 0 Å². The average Bonchev–Trinajstić information content (AvgIpc) is 2.71. The molecule has 2 amide bonds. The van der Waals surface area contributed by atoms with Gasteiger partial charge in [0.05, 0.1) is 32.0 Å². The maximum absolute atomic E-state index is 12.2. The van der Waals surface area contributed by atoms with E-state index in [2.05, 4.69) is 16.7 Å². The van der Waals surface area contributed by atoms with E-state index in [1.165, 1.54) is 14.2 Å². The van der Waals surface area contributed by atoms with Crippen LogP contribution in [0, 0.1) is 11.3 Å². The number of urea groups is 1. The van der Waals surface area contributed by atoms with E-state index in [-0.39, 0.29) is 6.54 Å². The normalized spacial score (nSPS) is 11.2. The lowest BCUT2D eigenvalue weighted by atomic mass is 10.1. The molecule has 2 aromatic rings. The largest absolute Gasteiger partial charge is 0.497 e. The third kappa shape index (κ3) is 5.36. The van der Waals surface area contributed by atoms with Crippen LogP contribution in [-0.2, 0) is 6.42 Å². The van der Waals surface area contributed by atoms with Crippen molar-refractivity contribution in [2.24, 2.45) is 0 Å². The van der Waals surface area contributed by atoms with Gasteiger partial charge in [-0.2, -0.15) is 5.26 Å². The fourth-order valence-electron chi connectivity index (χ4n) is 2.57. The first-order valence-corrected chi connectivity index (χ1v) is 8.49. The van der Waals surface area contributed by atoms with Crippen LogP contribution in [0.2, 0.25) is 0 Å². The number of nitrogens with zero attached hydrogens (tertiary/aromatic N) is 1. The fraction of sp³-hybridized carbons (Fsp3) is 0.300. The van der Waals surface area contributed by atoms with E-state index in [0.717, 1.165) is 5.56 Å². The van der Waals surface area contributed by atoms with Gasteiger partial charge in [0, 0.05) is 18.3 Å². The third-order valence-electron chi connectivity index (χ3n) is 4.08. The van der Waals surface area contributed by atoms with Gasteiger partial charge in [0.15, 0.2) is 0 Å². The minimum atomic E-state index is -0.925. The molecule has 2 rings (SSSR count). The van der Waals surface area contributed by atoms with Gasteiger partial charge in [-0.3, -0.25) is 0 Å². The number of nitrogens with one attached hydrogen (secondary N) is 2.